The van der Waals surface area contributed by atoms with Gasteiger partial charge in [-0.25, -0.2) is 0 Å². The first-order valence-corrected chi connectivity index (χ1v) is 7.93. The Hall–Kier alpha value is -1.17. The summed E-state index contributed by atoms with van der Waals surface area (Å²) in [4.78, 5) is 2.21. The number of hydrogen-bond acceptors (Lipinski definition) is 4. The Morgan fingerprint density at radius 3 is 2.81 bits per heavy atom. The van der Waals surface area contributed by atoms with E-state index in [9.17, 15) is 0 Å². The molecule has 21 heavy (non-hydrogen) atoms. The predicted molar refractivity (Wildman–Crippen MR) is 87.8 cm³/mol. The number of benzene rings is 1. The second-order valence-electron chi connectivity index (χ2n) is 5.62. The van der Waals surface area contributed by atoms with Crippen molar-refractivity contribution in [2.75, 3.05) is 7.05 Å². The summed E-state index contributed by atoms with van der Waals surface area (Å²) in [6.07, 6.45) is 0. The summed E-state index contributed by atoms with van der Waals surface area (Å²) < 4.78 is 6.49. The van der Waals surface area contributed by atoms with E-state index < -0.39 is 0 Å². The lowest BCUT2D eigenvalue weighted by Crippen LogP contribution is -2.21. The number of halogens is 1. The van der Waals surface area contributed by atoms with Crippen molar-refractivity contribution in [2.24, 2.45) is 0 Å². The molecule has 0 saturated carbocycles. The van der Waals surface area contributed by atoms with Crippen LogP contribution in [0, 0.1) is 0 Å². The highest BCUT2D eigenvalue weighted by Gasteiger charge is 2.08. The lowest BCUT2D eigenvalue weighted by molar-refractivity contribution is 0.265. The number of nitrogens with one attached hydrogen (secondary N) is 1. The molecule has 0 radical (unpaired) electrons. The molecule has 1 aromatic heterocycles. The van der Waals surface area contributed by atoms with Crippen LogP contribution < -0.4 is 5.32 Å². The van der Waals surface area contributed by atoms with E-state index in [1.165, 1.54) is 5.56 Å². The van der Waals surface area contributed by atoms with E-state index in [2.05, 4.69) is 70.4 Å². The number of aromatic nitrogens is 1. The first-order chi connectivity index (χ1) is 10.0. The van der Waals surface area contributed by atoms with Crippen LogP contribution in [0.25, 0.3) is 0 Å². The highest BCUT2D eigenvalue weighted by Crippen LogP contribution is 2.14. The van der Waals surface area contributed by atoms with E-state index >= 15 is 0 Å². The van der Waals surface area contributed by atoms with Gasteiger partial charge in [0, 0.05) is 29.7 Å². The molecule has 1 heterocycles. The second-order valence-corrected chi connectivity index (χ2v) is 6.54. The molecule has 0 bridgehead atoms. The van der Waals surface area contributed by atoms with Crippen molar-refractivity contribution in [1.29, 1.82) is 0 Å². The zero-order valence-electron chi connectivity index (χ0n) is 12.8. The van der Waals surface area contributed by atoms with E-state index in [1.807, 2.05) is 12.1 Å². The maximum Gasteiger partial charge on any atom is 0.151 e. The van der Waals surface area contributed by atoms with Crippen molar-refractivity contribution in [3.05, 3.63) is 51.8 Å². The standard InChI is InChI=1S/C16H22BrN3O/c1-12(2)18-9-15-8-16(21-19-15)11-20(3)10-13-5-4-6-14(17)7-13/h4-8,12,18H,9-11H2,1-3H3. The van der Waals surface area contributed by atoms with Crippen LogP contribution in [0.1, 0.15) is 30.9 Å². The summed E-state index contributed by atoms with van der Waals surface area (Å²) in [5.74, 6) is 0.896. The molecular weight excluding hydrogens is 330 g/mol. The molecule has 5 heteroatoms. The quantitative estimate of drug-likeness (QED) is 0.827. The minimum atomic E-state index is 0.448. The first-order valence-electron chi connectivity index (χ1n) is 7.14. The van der Waals surface area contributed by atoms with Gasteiger partial charge < -0.3 is 9.84 Å². The van der Waals surface area contributed by atoms with Crippen molar-refractivity contribution in [2.45, 2.75) is 39.5 Å². The summed E-state index contributed by atoms with van der Waals surface area (Å²) in [5, 5.41) is 7.42. The molecule has 1 N–H and O–H groups in total. The third-order valence-electron chi connectivity index (χ3n) is 3.07. The fraction of sp³-hybridized carbons (Fsp3) is 0.438. The molecule has 0 unspecified atom stereocenters. The van der Waals surface area contributed by atoms with Gasteiger partial charge in [-0.1, -0.05) is 47.1 Å². The van der Waals surface area contributed by atoms with Gasteiger partial charge in [-0.15, -0.1) is 0 Å². The van der Waals surface area contributed by atoms with Gasteiger partial charge in [0.15, 0.2) is 5.76 Å². The maximum atomic E-state index is 5.39. The molecule has 0 atom stereocenters. The van der Waals surface area contributed by atoms with Gasteiger partial charge in [0.25, 0.3) is 0 Å². The molecule has 0 fully saturated rings. The highest BCUT2D eigenvalue weighted by molar-refractivity contribution is 9.10. The van der Waals surface area contributed by atoms with Crippen LogP contribution in [0.15, 0.2) is 39.3 Å². The van der Waals surface area contributed by atoms with Gasteiger partial charge in [-0.2, -0.15) is 0 Å². The van der Waals surface area contributed by atoms with Crippen molar-refractivity contribution >= 4 is 15.9 Å². The molecule has 4 nitrogen and oxygen atoms in total. The average Bonchev–Trinajstić information content (AvgIpc) is 2.83. The summed E-state index contributed by atoms with van der Waals surface area (Å²) in [6, 6.07) is 10.8. The van der Waals surface area contributed by atoms with Gasteiger partial charge in [-0.3, -0.25) is 4.90 Å². The Kier molecular flexibility index (Phi) is 5.96. The lowest BCUT2D eigenvalue weighted by Gasteiger charge is -2.14. The molecule has 0 aliphatic carbocycles. The van der Waals surface area contributed by atoms with E-state index in [4.69, 9.17) is 4.52 Å². The molecule has 1 aromatic carbocycles. The van der Waals surface area contributed by atoms with Crippen molar-refractivity contribution < 1.29 is 4.52 Å². The number of nitrogens with zero attached hydrogens (tertiary/aromatic N) is 2. The molecule has 0 spiro atoms. The highest BCUT2D eigenvalue weighted by atomic mass is 79.9. The van der Waals surface area contributed by atoms with Gasteiger partial charge >= 0.3 is 0 Å². The monoisotopic (exact) mass is 351 g/mol. The Labute approximate surface area is 134 Å². The minimum Gasteiger partial charge on any atom is -0.360 e. The zero-order chi connectivity index (χ0) is 15.2. The first kappa shape index (κ1) is 16.2. The topological polar surface area (TPSA) is 41.3 Å². The third kappa shape index (κ3) is 5.61. The molecule has 2 rings (SSSR count). The van der Waals surface area contributed by atoms with Crippen molar-refractivity contribution in [3.8, 4) is 0 Å². The van der Waals surface area contributed by atoms with Crippen molar-refractivity contribution in [3.63, 3.8) is 0 Å². The normalized spacial score (nSPS) is 11.5. The van der Waals surface area contributed by atoms with Gasteiger partial charge in [0.2, 0.25) is 0 Å². The maximum absolute atomic E-state index is 5.39. The fourth-order valence-electron chi connectivity index (χ4n) is 2.09. The molecule has 0 amide bonds. The number of rotatable bonds is 7. The molecule has 0 aliphatic rings. The Bertz CT molecular complexity index is 568. The Morgan fingerprint density at radius 1 is 1.29 bits per heavy atom. The third-order valence-corrected chi connectivity index (χ3v) is 3.56. The summed E-state index contributed by atoms with van der Waals surface area (Å²) in [6.45, 7) is 6.61. The Morgan fingerprint density at radius 2 is 2.10 bits per heavy atom. The molecule has 0 saturated heterocycles. The minimum absolute atomic E-state index is 0.448. The predicted octanol–water partition coefficient (Wildman–Crippen LogP) is 3.57. The van der Waals surface area contributed by atoms with E-state index in [0.29, 0.717) is 6.04 Å². The summed E-state index contributed by atoms with van der Waals surface area (Å²) in [5.41, 5.74) is 2.22. The van der Waals surface area contributed by atoms with Gasteiger partial charge in [-0.05, 0) is 24.7 Å². The van der Waals surface area contributed by atoms with Crippen molar-refractivity contribution in [1.82, 2.24) is 15.4 Å². The Balaban J connectivity index is 1.86. The number of hydrogen-bond donors (Lipinski definition) is 1. The second kappa shape index (κ2) is 7.73. The van der Waals surface area contributed by atoms with E-state index in [1.54, 1.807) is 0 Å². The molecule has 2 aromatic rings. The average molecular weight is 352 g/mol. The summed E-state index contributed by atoms with van der Waals surface area (Å²) >= 11 is 3.50. The van der Waals surface area contributed by atoms with Crippen LogP contribution in [0.4, 0.5) is 0 Å². The van der Waals surface area contributed by atoms with Crippen LogP contribution in [0.5, 0.6) is 0 Å². The summed E-state index contributed by atoms with van der Waals surface area (Å²) in [7, 11) is 2.08. The largest absolute Gasteiger partial charge is 0.360 e. The molecule has 0 aliphatic heterocycles. The smallest absolute Gasteiger partial charge is 0.151 e. The van der Waals surface area contributed by atoms with Crippen LogP contribution >= 0.6 is 15.9 Å². The van der Waals surface area contributed by atoms with Crippen LogP contribution in [-0.2, 0) is 19.6 Å². The van der Waals surface area contributed by atoms with Crippen LogP contribution in [0.2, 0.25) is 0 Å². The van der Waals surface area contributed by atoms with Gasteiger partial charge in [0.05, 0.1) is 12.2 Å². The lowest BCUT2D eigenvalue weighted by atomic mass is 10.2. The SMILES string of the molecule is CC(C)NCc1cc(CN(C)Cc2cccc(Br)c2)on1. The van der Waals surface area contributed by atoms with E-state index in [0.717, 1.165) is 35.6 Å². The zero-order valence-corrected chi connectivity index (χ0v) is 14.4. The van der Waals surface area contributed by atoms with Crippen LogP contribution in [0.3, 0.4) is 0 Å². The molecule has 114 valence electrons. The van der Waals surface area contributed by atoms with Gasteiger partial charge in [0.1, 0.15) is 0 Å². The molecular formula is C16H22BrN3O. The van der Waals surface area contributed by atoms with Crippen LogP contribution in [-0.4, -0.2) is 23.1 Å². The fourth-order valence-corrected chi connectivity index (χ4v) is 2.54. The van der Waals surface area contributed by atoms with E-state index in [-0.39, 0.29) is 0 Å².